The third-order valence-corrected chi connectivity index (χ3v) is 2.03. The predicted molar refractivity (Wildman–Crippen MR) is 48.9 cm³/mol. The van der Waals surface area contributed by atoms with Gasteiger partial charge in [0.25, 0.3) is 0 Å². The lowest BCUT2D eigenvalue weighted by atomic mass is 10.1. The third-order valence-electron chi connectivity index (χ3n) is 2.03. The number of halogens is 3. The van der Waals surface area contributed by atoms with E-state index in [1.807, 2.05) is 0 Å². The Hall–Kier alpha value is -0.800. The molecule has 0 aromatic carbocycles. The minimum atomic E-state index is -4.48. The Morgan fingerprint density at radius 1 is 1.47 bits per heavy atom. The lowest BCUT2D eigenvalue weighted by Gasteiger charge is -2.14. The molecule has 15 heavy (non-hydrogen) atoms. The van der Waals surface area contributed by atoms with Gasteiger partial charge >= 0.3 is 6.18 Å². The van der Waals surface area contributed by atoms with Crippen LogP contribution in [0.15, 0.2) is 0 Å². The van der Waals surface area contributed by atoms with Crippen molar-refractivity contribution in [1.29, 1.82) is 5.26 Å². The summed E-state index contributed by atoms with van der Waals surface area (Å²) in [6.07, 6.45) is -4.01. The Morgan fingerprint density at radius 3 is 2.47 bits per heavy atom. The number of nitriles is 1. The first-order valence-electron chi connectivity index (χ1n) is 4.77. The molecule has 88 valence electrons. The summed E-state index contributed by atoms with van der Waals surface area (Å²) in [5, 5.41) is 19.9. The van der Waals surface area contributed by atoms with E-state index < -0.39 is 24.7 Å². The number of nitrogens with zero attached hydrogens (tertiary/aromatic N) is 1. The van der Waals surface area contributed by atoms with Gasteiger partial charge in [0.05, 0.1) is 12.2 Å². The molecule has 0 fully saturated rings. The molecule has 0 aromatic rings. The lowest BCUT2D eigenvalue weighted by Crippen LogP contribution is -2.33. The first-order chi connectivity index (χ1) is 6.91. The lowest BCUT2D eigenvalue weighted by molar-refractivity contribution is -0.157. The van der Waals surface area contributed by atoms with Gasteiger partial charge in [-0.2, -0.15) is 18.4 Å². The molecular formula is C9H15F3N2O. The highest BCUT2D eigenvalue weighted by Gasteiger charge is 2.39. The van der Waals surface area contributed by atoms with E-state index in [9.17, 15) is 13.2 Å². The molecule has 0 saturated carbocycles. The molecule has 6 heteroatoms. The van der Waals surface area contributed by atoms with Gasteiger partial charge in [0.15, 0.2) is 5.92 Å². The van der Waals surface area contributed by atoms with Crippen LogP contribution >= 0.6 is 0 Å². The number of hydrogen-bond acceptors (Lipinski definition) is 3. The van der Waals surface area contributed by atoms with Gasteiger partial charge in [-0.3, -0.25) is 0 Å². The maximum atomic E-state index is 12.1. The van der Waals surface area contributed by atoms with Crippen LogP contribution in [-0.2, 0) is 0 Å². The van der Waals surface area contributed by atoms with E-state index in [1.165, 1.54) is 6.07 Å². The summed E-state index contributed by atoms with van der Waals surface area (Å²) in [4.78, 5) is 0. The number of aliphatic hydroxyl groups is 1. The van der Waals surface area contributed by atoms with Gasteiger partial charge in [0.2, 0.25) is 0 Å². The second-order valence-electron chi connectivity index (χ2n) is 3.28. The van der Waals surface area contributed by atoms with Crippen LogP contribution in [0.1, 0.15) is 19.8 Å². The van der Waals surface area contributed by atoms with Crippen molar-refractivity contribution in [3.05, 3.63) is 0 Å². The highest BCUT2D eigenvalue weighted by Crippen LogP contribution is 2.24. The summed E-state index contributed by atoms with van der Waals surface area (Å²) >= 11 is 0. The Bertz CT molecular complexity index is 212. The molecule has 0 radical (unpaired) electrons. The highest BCUT2D eigenvalue weighted by atomic mass is 19.4. The number of nitrogens with one attached hydrogen (secondary N) is 1. The molecule has 0 saturated heterocycles. The maximum absolute atomic E-state index is 12.1. The van der Waals surface area contributed by atoms with Crippen LogP contribution in [0.3, 0.4) is 0 Å². The van der Waals surface area contributed by atoms with E-state index >= 15 is 0 Å². The monoisotopic (exact) mass is 224 g/mol. The second-order valence-corrected chi connectivity index (χ2v) is 3.28. The molecule has 0 heterocycles. The number of hydrogen-bond donors (Lipinski definition) is 2. The summed E-state index contributed by atoms with van der Waals surface area (Å²) in [6.45, 7) is 1.65. The summed E-state index contributed by atoms with van der Waals surface area (Å²) < 4.78 is 36.2. The highest BCUT2D eigenvalue weighted by molar-refractivity contribution is 4.89. The van der Waals surface area contributed by atoms with Crippen LogP contribution in [0, 0.1) is 17.2 Å². The van der Waals surface area contributed by atoms with Crippen molar-refractivity contribution in [3.8, 4) is 6.07 Å². The number of alkyl halides is 3. The molecule has 2 N–H and O–H groups in total. The summed E-state index contributed by atoms with van der Waals surface area (Å²) in [5.74, 6) is -1.98. The van der Waals surface area contributed by atoms with Crippen molar-refractivity contribution in [3.63, 3.8) is 0 Å². The van der Waals surface area contributed by atoms with Crippen molar-refractivity contribution in [2.45, 2.75) is 32.0 Å². The first kappa shape index (κ1) is 14.2. The fourth-order valence-electron chi connectivity index (χ4n) is 0.954. The third kappa shape index (κ3) is 6.31. The average Bonchev–Trinajstić information content (AvgIpc) is 2.15. The number of aliphatic hydroxyl groups excluding tert-OH is 1. The van der Waals surface area contributed by atoms with Gasteiger partial charge in [-0.05, 0) is 19.4 Å². The average molecular weight is 224 g/mol. The van der Waals surface area contributed by atoms with Crippen molar-refractivity contribution in [2.24, 2.45) is 5.92 Å². The van der Waals surface area contributed by atoms with Crippen LogP contribution in [0.4, 0.5) is 13.2 Å². The topological polar surface area (TPSA) is 56.0 Å². The standard InChI is InChI=1S/C9H15F3N2O/c1-2-8(15)3-4-14-6-7(5-13)9(10,11)12/h7-8,14-15H,2-4,6H2,1H3. The van der Waals surface area contributed by atoms with Gasteiger partial charge in [-0.15, -0.1) is 0 Å². The molecule has 0 spiro atoms. The Kier molecular flexibility index (Phi) is 6.29. The predicted octanol–water partition coefficient (Wildman–Crippen LogP) is 1.44. The Balaban J connectivity index is 3.71. The van der Waals surface area contributed by atoms with Crippen LogP contribution in [0.2, 0.25) is 0 Å². The fraction of sp³-hybridized carbons (Fsp3) is 0.889. The molecular weight excluding hydrogens is 209 g/mol. The van der Waals surface area contributed by atoms with Gasteiger partial charge < -0.3 is 10.4 Å². The van der Waals surface area contributed by atoms with Crippen molar-refractivity contribution < 1.29 is 18.3 Å². The maximum Gasteiger partial charge on any atom is 0.405 e. The SMILES string of the molecule is CCC(O)CCNCC(C#N)C(F)(F)F. The Morgan fingerprint density at radius 2 is 2.07 bits per heavy atom. The molecule has 0 aromatic heterocycles. The molecule has 0 bridgehead atoms. The zero-order valence-electron chi connectivity index (χ0n) is 8.51. The van der Waals surface area contributed by atoms with E-state index in [0.717, 1.165) is 0 Å². The summed E-state index contributed by atoms with van der Waals surface area (Å²) in [5.41, 5.74) is 0. The molecule has 2 unspecified atom stereocenters. The second kappa shape index (κ2) is 6.64. The number of rotatable bonds is 6. The van der Waals surface area contributed by atoms with Gasteiger partial charge in [0, 0.05) is 6.54 Å². The molecule has 0 amide bonds. The molecule has 0 aliphatic carbocycles. The van der Waals surface area contributed by atoms with Gasteiger partial charge in [-0.25, -0.2) is 0 Å². The first-order valence-corrected chi connectivity index (χ1v) is 4.77. The van der Waals surface area contributed by atoms with E-state index in [-0.39, 0.29) is 6.54 Å². The van der Waals surface area contributed by atoms with Crippen LogP contribution < -0.4 is 5.32 Å². The fourth-order valence-corrected chi connectivity index (χ4v) is 0.954. The van der Waals surface area contributed by atoms with Gasteiger partial charge in [0.1, 0.15) is 0 Å². The minimum absolute atomic E-state index is 0.281. The smallest absolute Gasteiger partial charge is 0.393 e. The van der Waals surface area contributed by atoms with Crippen LogP contribution in [0.5, 0.6) is 0 Å². The largest absolute Gasteiger partial charge is 0.405 e. The summed E-state index contributed by atoms with van der Waals surface area (Å²) in [7, 11) is 0. The zero-order valence-corrected chi connectivity index (χ0v) is 8.51. The van der Waals surface area contributed by atoms with Crippen LogP contribution in [0.25, 0.3) is 0 Å². The van der Waals surface area contributed by atoms with Crippen molar-refractivity contribution >= 4 is 0 Å². The Labute approximate surface area is 86.9 Å². The van der Waals surface area contributed by atoms with Crippen molar-refractivity contribution in [1.82, 2.24) is 5.32 Å². The molecule has 0 rings (SSSR count). The quantitative estimate of drug-likeness (QED) is 0.671. The van der Waals surface area contributed by atoms with Crippen molar-refractivity contribution in [2.75, 3.05) is 13.1 Å². The van der Waals surface area contributed by atoms with Gasteiger partial charge in [-0.1, -0.05) is 6.92 Å². The molecule has 0 aliphatic rings. The minimum Gasteiger partial charge on any atom is -0.393 e. The van der Waals surface area contributed by atoms with E-state index in [0.29, 0.717) is 12.8 Å². The molecule has 3 nitrogen and oxygen atoms in total. The van der Waals surface area contributed by atoms with E-state index in [1.54, 1.807) is 6.92 Å². The molecule has 2 atom stereocenters. The van der Waals surface area contributed by atoms with E-state index in [2.05, 4.69) is 5.32 Å². The summed E-state index contributed by atoms with van der Waals surface area (Å²) in [6, 6.07) is 1.19. The van der Waals surface area contributed by atoms with Crippen LogP contribution in [-0.4, -0.2) is 30.5 Å². The normalized spacial score (nSPS) is 15.7. The molecule has 0 aliphatic heterocycles. The van der Waals surface area contributed by atoms with E-state index in [4.69, 9.17) is 10.4 Å². The zero-order chi connectivity index (χ0) is 11.9.